The Kier molecular flexibility index (Phi) is 5.11. The number of carbonyl (C=O) groups excluding carboxylic acids is 1. The number of halogens is 1. The zero-order chi connectivity index (χ0) is 16.9. The predicted molar refractivity (Wildman–Crippen MR) is 91.6 cm³/mol. The van der Waals surface area contributed by atoms with Crippen LogP contribution in [0.5, 0.6) is 5.75 Å². The molecule has 1 aliphatic heterocycles. The summed E-state index contributed by atoms with van der Waals surface area (Å²) in [6, 6.07) is 13.3. The minimum absolute atomic E-state index is 0.122. The molecule has 0 aliphatic carbocycles. The Bertz CT molecular complexity index is 695. The van der Waals surface area contributed by atoms with Crippen LogP contribution in [0.25, 0.3) is 0 Å². The highest BCUT2D eigenvalue weighted by molar-refractivity contribution is 5.92. The largest absolute Gasteiger partial charge is 0.508 e. The Morgan fingerprint density at radius 1 is 1.17 bits per heavy atom. The van der Waals surface area contributed by atoms with E-state index in [1.54, 1.807) is 24.3 Å². The summed E-state index contributed by atoms with van der Waals surface area (Å²) in [5.74, 6) is 0.268. The van der Waals surface area contributed by atoms with Gasteiger partial charge in [0.05, 0.1) is 6.54 Å². The first-order valence-corrected chi connectivity index (χ1v) is 8.17. The van der Waals surface area contributed by atoms with Crippen LogP contribution in [-0.2, 0) is 4.79 Å². The Labute approximate surface area is 140 Å². The molecule has 2 N–H and O–H groups in total. The van der Waals surface area contributed by atoms with Gasteiger partial charge in [0.1, 0.15) is 11.6 Å². The molecule has 0 radical (unpaired) electrons. The molecule has 0 spiro atoms. The van der Waals surface area contributed by atoms with Crippen LogP contribution in [0.15, 0.2) is 48.5 Å². The number of likely N-dealkylation sites (tertiary alicyclic amines) is 1. The van der Waals surface area contributed by atoms with Crippen molar-refractivity contribution < 1.29 is 14.3 Å². The molecular weight excluding hydrogens is 307 g/mol. The van der Waals surface area contributed by atoms with Gasteiger partial charge in [-0.1, -0.05) is 18.2 Å². The predicted octanol–water partition coefficient (Wildman–Crippen LogP) is 3.35. The molecule has 24 heavy (non-hydrogen) atoms. The van der Waals surface area contributed by atoms with Gasteiger partial charge in [0.2, 0.25) is 5.91 Å². The quantitative estimate of drug-likeness (QED) is 0.905. The highest BCUT2D eigenvalue weighted by Gasteiger charge is 2.22. The molecule has 0 saturated carbocycles. The number of anilines is 1. The van der Waals surface area contributed by atoms with Crippen molar-refractivity contribution in [2.24, 2.45) is 0 Å². The Morgan fingerprint density at radius 3 is 2.54 bits per heavy atom. The van der Waals surface area contributed by atoms with Crippen LogP contribution >= 0.6 is 0 Å². The molecule has 126 valence electrons. The molecule has 0 bridgehead atoms. The number of benzene rings is 2. The van der Waals surface area contributed by atoms with Gasteiger partial charge < -0.3 is 10.4 Å². The maximum Gasteiger partial charge on any atom is 0.238 e. The molecule has 2 aromatic carbocycles. The normalized spacial score (nSPS) is 16.0. The van der Waals surface area contributed by atoms with Crippen molar-refractivity contribution in [3.63, 3.8) is 0 Å². The molecule has 1 saturated heterocycles. The summed E-state index contributed by atoms with van der Waals surface area (Å²) in [5, 5.41) is 12.1. The number of phenolic OH excluding ortho intramolecular Hbond substituents is 1. The minimum atomic E-state index is -0.359. The SMILES string of the molecule is O=C(CN1CCC(c2ccc(O)cc2)CC1)Nc1cccc(F)c1. The van der Waals surface area contributed by atoms with E-state index in [9.17, 15) is 14.3 Å². The fourth-order valence-electron chi connectivity index (χ4n) is 3.14. The number of amides is 1. The standard InChI is InChI=1S/C19H21FN2O2/c20-16-2-1-3-17(12-16)21-19(24)13-22-10-8-15(9-11-22)14-4-6-18(23)7-5-14/h1-7,12,15,23H,8-11,13H2,(H,21,24). The summed E-state index contributed by atoms with van der Waals surface area (Å²) in [6.45, 7) is 2.02. The minimum Gasteiger partial charge on any atom is -0.508 e. The van der Waals surface area contributed by atoms with Crippen LogP contribution in [0, 0.1) is 5.82 Å². The number of nitrogens with one attached hydrogen (secondary N) is 1. The van der Waals surface area contributed by atoms with Crippen LogP contribution in [0.3, 0.4) is 0 Å². The van der Waals surface area contributed by atoms with E-state index in [0.29, 0.717) is 18.2 Å². The van der Waals surface area contributed by atoms with E-state index in [0.717, 1.165) is 25.9 Å². The Balaban J connectivity index is 1.48. The van der Waals surface area contributed by atoms with E-state index in [2.05, 4.69) is 10.2 Å². The van der Waals surface area contributed by atoms with Crippen molar-refractivity contribution in [3.8, 4) is 5.75 Å². The third-order valence-corrected chi connectivity index (χ3v) is 4.43. The number of phenols is 1. The molecular formula is C19H21FN2O2. The van der Waals surface area contributed by atoms with Crippen molar-refractivity contribution in [1.82, 2.24) is 4.90 Å². The van der Waals surface area contributed by atoms with Crippen molar-refractivity contribution >= 4 is 11.6 Å². The number of aromatic hydroxyl groups is 1. The van der Waals surface area contributed by atoms with Crippen LogP contribution < -0.4 is 5.32 Å². The van der Waals surface area contributed by atoms with Gasteiger partial charge in [-0.15, -0.1) is 0 Å². The maximum absolute atomic E-state index is 13.1. The molecule has 0 atom stereocenters. The summed E-state index contributed by atoms with van der Waals surface area (Å²) in [4.78, 5) is 14.2. The van der Waals surface area contributed by atoms with Gasteiger partial charge >= 0.3 is 0 Å². The first kappa shape index (κ1) is 16.5. The smallest absolute Gasteiger partial charge is 0.238 e. The Morgan fingerprint density at radius 2 is 1.88 bits per heavy atom. The molecule has 3 rings (SSSR count). The van der Waals surface area contributed by atoms with Crippen molar-refractivity contribution in [3.05, 3.63) is 59.9 Å². The fourth-order valence-corrected chi connectivity index (χ4v) is 3.14. The molecule has 1 fully saturated rings. The van der Waals surface area contributed by atoms with Gasteiger partial charge in [0.15, 0.2) is 0 Å². The second-order valence-corrected chi connectivity index (χ2v) is 6.20. The van der Waals surface area contributed by atoms with Crippen LogP contribution in [-0.4, -0.2) is 35.5 Å². The lowest BCUT2D eigenvalue weighted by molar-refractivity contribution is -0.117. The zero-order valence-corrected chi connectivity index (χ0v) is 13.4. The number of hydrogen-bond donors (Lipinski definition) is 2. The average Bonchev–Trinajstić information content (AvgIpc) is 2.56. The van der Waals surface area contributed by atoms with E-state index in [-0.39, 0.29) is 17.5 Å². The number of piperidine rings is 1. The van der Waals surface area contributed by atoms with Gasteiger partial charge in [-0.25, -0.2) is 4.39 Å². The zero-order valence-electron chi connectivity index (χ0n) is 13.4. The highest BCUT2D eigenvalue weighted by atomic mass is 19.1. The van der Waals surface area contributed by atoms with E-state index < -0.39 is 0 Å². The summed E-state index contributed by atoms with van der Waals surface area (Å²) in [6.07, 6.45) is 1.97. The molecule has 4 nitrogen and oxygen atoms in total. The maximum atomic E-state index is 13.1. The van der Waals surface area contributed by atoms with Gasteiger partial charge in [0, 0.05) is 5.69 Å². The third kappa shape index (κ3) is 4.32. The van der Waals surface area contributed by atoms with E-state index in [1.165, 1.54) is 17.7 Å². The van der Waals surface area contributed by atoms with Crippen LogP contribution in [0.1, 0.15) is 24.3 Å². The number of rotatable bonds is 4. The van der Waals surface area contributed by atoms with Crippen molar-refractivity contribution in [2.75, 3.05) is 25.0 Å². The van der Waals surface area contributed by atoms with Crippen molar-refractivity contribution in [1.29, 1.82) is 0 Å². The van der Waals surface area contributed by atoms with Gasteiger partial charge in [-0.2, -0.15) is 0 Å². The van der Waals surface area contributed by atoms with Crippen LogP contribution in [0.2, 0.25) is 0 Å². The van der Waals surface area contributed by atoms with E-state index in [1.807, 2.05) is 12.1 Å². The summed E-state index contributed by atoms with van der Waals surface area (Å²) in [5.41, 5.74) is 1.72. The van der Waals surface area contributed by atoms with Gasteiger partial charge in [-0.05, 0) is 67.7 Å². The summed E-state index contributed by atoms with van der Waals surface area (Å²) in [7, 11) is 0. The molecule has 1 heterocycles. The Hall–Kier alpha value is -2.40. The molecule has 0 unspecified atom stereocenters. The average molecular weight is 328 g/mol. The van der Waals surface area contributed by atoms with E-state index >= 15 is 0 Å². The third-order valence-electron chi connectivity index (χ3n) is 4.43. The second-order valence-electron chi connectivity index (χ2n) is 6.20. The lowest BCUT2D eigenvalue weighted by atomic mass is 9.89. The van der Waals surface area contributed by atoms with Crippen LogP contribution in [0.4, 0.5) is 10.1 Å². The monoisotopic (exact) mass is 328 g/mol. The van der Waals surface area contributed by atoms with E-state index in [4.69, 9.17) is 0 Å². The second kappa shape index (κ2) is 7.45. The van der Waals surface area contributed by atoms with Gasteiger partial charge in [-0.3, -0.25) is 9.69 Å². The molecule has 5 heteroatoms. The number of carbonyl (C=O) groups is 1. The van der Waals surface area contributed by atoms with Crippen molar-refractivity contribution in [2.45, 2.75) is 18.8 Å². The molecule has 0 aromatic heterocycles. The molecule has 2 aromatic rings. The lowest BCUT2D eigenvalue weighted by Crippen LogP contribution is -2.38. The van der Waals surface area contributed by atoms with Gasteiger partial charge in [0.25, 0.3) is 0 Å². The molecule has 1 aliphatic rings. The first-order chi connectivity index (χ1) is 11.6. The lowest BCUT2D eigenvalue weighted by Gasteiger charge is -2.31. The topological polar surface area (TPSA) is 52.6 Å². The number of hydrogen-bond acceptors (Lipinski definition) is 3. The first-order valence-electron chi connectivity index (χ1n) is 8.17. The summed E-state index contributed by atoms with van der Waals surface area (Å²) >= 11 is 0. The highest BCUT2D eigenvalue weighted by Crippen LogP contribution is 2.28. The number of nitrogens with zero attached hydrogens (tertiary/aromatic N) is 1. The summed E-state index contributed by atoms with van der Waals surface area (Å²) < 4.78 is 13.1. The molecule has 1 amide bonds. The fraction of sp³-hybridized carbons (Fsp3) is 0.316.